The van der Waals surface area contributed by atoms with E-state index in [0.717, 1.165) is 19.4 Å². The van der Waals surface area contributed by atoms with Gasteiger partial charge in [-0.3, -0.25) is 0 Å². The number of rotatable bonds is 1. The quantitative estimate of drug-likeness (QED) is 0.720. The molecule has 1 aliphatic rings. The van der Waals surface area contributed by atoms with Crippen molar-refractivity contribution in [1.82, 2.24) is 0 Å². The van der Waals surface area contributed by atoms with E-state index in [0.29, 0.717) is 11.7 Å². The summed E-state index contributed by atoms with van der Waals surface area (Å²) in [6, 6.07) is 4.95. The number of anilines is 1. The summed E-state index contributed by atoms with van der Waals surface area (Å²) in [4.78, 5) is 2.05. The minimum Gasteiger partial charge on any atom is -0.369 e. The fourth-order valence-corrected chi connectivity index (χ4v) is 2.41. The predicted octanol–water partition coefficient (Wildman–Crippen LogP) is 4.00. The molecule has 0 bridgehead atoms. The van der Waals surface area contributed by atoms with Crippen LogP contribution in [-0.2, 0) is 6.18 Å². The molecule has 0 unspecified atom stereocenters. The summed E-state index contributed by atoms with van der Waals surface area (Å²) in [7, 11) is 0. The van der Waals surface area contributed by atoms with Crippen LogP contribution < -0.4 is 4.90 Å². The van der Waals surface area contributed by atoms with Crippen LogP contribution in [0.5, 0.6) is 0 Å². The monoisotopic (exact) mass is 243 g/mol. The first-order valence-corrected chi connectivity index (χ1v) is 5.84. The summed E-state index contributed by atoms with van der Waals surface area (Å²) in [5.74, 6) is 0. The normalized spacial score (nSPS) is 21.0. The van der Waals surface area contributed by atoms with E-state index in [9.17, 15) is 13.2 Å². The number of halogens is 3. The van der Waals surface area contributed by atoms with Crippen molar-refractivity contribution in [1.29, 1.82) is 0 Å². The van der Waals surface area contributed by atoms with Gasteiger partial charge in [-0.15, -0.1) is 0 Å². The lowest BCUT2D eigenvalue weighted by Crippen LogP contribution is -2.26. The molecule has 4 heteroatoms. The van der Waals surface area contributed by atoms with Gasteiger partial charge in [0.15, 0.2) is 0 Å². The maximum atomic E-state index is 12.8. The Labute approximate surface area is 99.2 Å². The summed E-state index contributed by atoms with van der Waals surface area (Å²) >= 11 is 0. The number of nitrogens with zero attached hydrogens (tertiary/aromatic N) is 1. The zero-order chi connectivity index (χ0) is 12.6. The highest BCUT2D eigenvalue weighted by molar-refractivity contribution is 5.53. The SMILES string of the molecule is Cc1ccc(N2CCC[C@@H]2C)cc1C(F)(F)F. The van der Waals surface area contributed by atoms with Crippen LogP contribution in [0.1, 0.15) is 30.9 Å². The highest BCUT2D eigenvalue weighted by Gasteiger charge is 2.33. The maximum Gasteiger partial charge on any atom is 0.416 e. The lowest BCUT2D eigenvalue weighted by atomic mass is 10.1. The molecule has 1 aromatic rings. The Morgan fingerprint density at radius 3 is 2.53 bits per heavy atom. The van der Waals surface area contributed by atoms with Crippen molar-refractivity contribution >= 4 is 5.69 Å². The third-order valence-corrected chi connectivity index (χ3v) is 3.41. The predicted molar refractivity (Wildman–Crippen MR) is 62.2 cm³/mol. The van der Waals surface area contributed by atoms with Crippen LogP contribution in [0.15, 0.2) is 18.2 Å². The van der Waals surface area contributed by atoms with Crippen LogP contribution in [0.3, 0.4) is 0 Å². The van der Waals surface area contributed by atoms with Crippen molar-refractivity contribution in [3.63, 3.8) is 0 Å². The lowest BCUT2D eigenvalue weighted by molar-refractivity contribution is -0.138. The van der Waals surface area contributed by atoms with Gasteiger partial charge in [0.25, 0.3) is 0 Å². The Morgan fingerprint density at radius 2 is 2.00 bits per heavy atom. The molecular formula is C13H16F3N. The number of alkyl halides is 3. The van der Waals surface area contributed by atoms with Crippen LogP contribution >= 0.6 is 0 Å². The van der Waals surface area contributed by atoms with Gasteiger partial charge in [0.05, 0.1) is 5.56 Å². The first-order chi connectivity index (χ1) is 7.89. The van der Waals surface area contributed by atoms with E-state index < -0.39 is 11.7 Å². The van der Waals surface area contributed by atoms with Gasteiger partial charge in [-0.25, -0.2) is 0 Å². The third kappa shape index (κ3) is 2.40. The average molecular weight is 243 g/mol. The molecule has 1 aromatic carbocycles. The molecule has 0 amide bonds. The Bertz CT molecular complexity index is 412. The highest BCUT2D eigenvalue weighted by atomic mass is 19.4. The molecule has 0 radical (unpaired) electrons. The second kappa shape index (κ2) is 4.24. The second-order valence-corrected chi connectivity index (χ2v) is 4.68. The molecular weight excluding hydrogens is 227 g/mol. The van der Waals surface area contributed by atoms with E-state index >= 15 is 0 Å². The summed E-state index contributed by atoms with van der Waals surface area (Å²) < 4.78 is 38.4. The Balaban J connectivity index is 2.37. The Hall–Kier alpha value is -1.19. The molecule has 1 heterocycles. The largest absolute Gasteiger partial charge is 0.416 e. The topological polar surface area (TPSA) is 3.24 Å². The van der Waals surface area contributed by atoms with Gasteiger partial charge in [-0.1, -0.05) is 6.07 Å². The summed E-state index contributed by atoms with van der Waals surface area (Å²) in [6.07, 6.45) is -2.16. The molecule has 17 heavy (non-hydrogen) atoms. The molecule has 0 aliphatic carbocycles. The van der Waals surface area contributed by atoms with E-state index in [1.165, 1.54) is 13.0 Å². The van der Waals surface area contributed by atoms with E-state index in [4.69, 9.17) is 0 Å². The van der Waals surface area contributed by atoms with E-state index in [1.807, 2.05) is 0 Å². The van der Waals surface area contributed by atoms with Crippen molar-refractivity contribution < 1.29 is 13.2 Å². The van der Waals surface area contributed by atoms with Crippen LogP contribution in [0.25, 0.3) is 0 Å². The fourth-order valence-electron chi connectivity index (χ4n) is 2.41. The zero-order valence-electron chi connectivity index (χ0n) is 10.0. The Morgan fingerprint density at radius 1 is 1.29 bits per heavy atom. The van der Waals surface area contributed by atoms with Gasteiger partial charge >= 0.3 is 6.18 Å². The number of hydrogen-bond acceptors (Lipinski definition) is 1. The smallest absolute Gasteiger partial charge is 0.369 e. The molecule has 0 spiro atoms. The first kappa shape index (κ1) is 12.3. The van der Waals surface area contributed by atoms with Crippen molar-refractivity contribution in [3.8, 4) is 0 Å². The zero-order valence-corrected chi connectivity index (χ0v) is 10.0. The van der Waals surface area contributed by atoms with Gasteiger partial charge < -0.3 is 4.90 Å². The van der Waals surface area contributed by atoms with Gasteiger partial charge in [-0.05, 0) is 44.4 Å². The van der Waals surface area contributed by atoms with Gasteiger partial charge in [-0.2, -0.15) is 13.2 Å². The number of aryl methyl sites for hydroxylation is 1. The number of benzene rings is 1. The Kier molecular flexibility index (Phi) is 3.06. The van der Waals surface area contributed by atoms with Crippen LogP contribution in [0.2, 0.25) is 0 Å². The molecule has 94 valence electrons. The molecule has 1 fully saturated rings. The van der Waals surface area contributed by atoms with Crippen LogP contribution in [-0.4, -0.2) is 12.6 Å². The third-order valence-electron chi connectivity index (χ3n) is 3.41. The average Bonchev–Trinajstić information content (AvgIpc) is 2.63. The first-order valence-electron chi connectivity index (χ1n) is 5.84. The van der Waals surface area contributed by atoms with Crippen molar-refractivity contribution in [2.24, 2.45) is 0 Å². The van der Waals surface area contributed by atoms with Gasteiger partial charge in [0.2, 0.25) is 0 Å². The molecule has 1 aliphatic heterocycles. The second-order valence-electron chi connectivity index (χ2n) is 4.68. The molecule has 0 saturated carbocycles. The maximum absolute atomic E-state index is 12.8. The molecule has 0 aromatic heterocycles. The van der Waals surface area contributed by atoms with E-state index in [2.05, 4.69) is 11.8 Å². The van der Waals surface area contributed by atoms with Gasteiger partial charge in [0.1, 0.15) is 0 Å². The molecule has 0 N–H and O–H groups in total. The molecule has 1 atom stereocenters. The van der Waals surface area contributed by atoms with E-state index in [1.54, 1.807) is 12.1 Å². The molecule has 2 rings (SSSR count). The highest BCUT2D eigenvalue weighted by Crippen LogP contribution is 2.35. The van der Waals surface area contributed by atoms with E-state index in [-0.39, 0.29) is 5.56 Å². The molecule has 1 nitrogen and oxygen atoms in total. The van der Waals surface area contributed by atoms with Crippen molar-refractivity contribution in [2.45, 2.75) is 38.9 Å². The van der Waals surface area contributed by atoms with Crippen LogP contribution in [0.4, 0.5) is 18.9 Å². The lowest BCUT2D eigenvalue weighted by Gasteiger charge is -2.25. The van der Waals surface area contributed by atoms with Crippen LogP contribution in [0, 0.1) is 6.92 Å². The standard InChI is InChI=1S/C13H16F3N/c1-9-5-6-11(8-12(9)13(14,15)16)17-7-3-4-10(17)2/h5-6,8,10H,3-4,7H2,1-2H3/t10-/m0/s1. The van der Waals surface area contributed by atoms with Crippen molar-refractivity contribution in [2.75, 3.05) is 11.4 Å². The van der Waals surface area contributed by atoms with Gasteiger partial charge in [0, 0.05) is 18.3 Å². The summed E-state index contributed by atoms with van der Waals surface area (Å²) in [5, 5.41) is 0. The number of hydrogen-bond donors (Lipinski definition) is 0. The summed E-state index contributed by atoms with van der Waals surface area (Å²) in [6.45, 7) is 4.40. The summed E-state index contributed by atoms with van der Waals surface area (Å²) in [5.41, 5.74) is 0.454. The fraction of sp³-hybridized carbons (Fsp3) is 0.538. The minimum absolute atomic E-state index is 0.285. The molecule has 1 saturated heterocycles. The minimum atomic E-state index is -4.26. The van der Waals surface area contributed by atoms with Crippen molar-refractivity contribution in [3.05, 3.63) is 29.3 Å².